The van der Waals surface area contributed by atoms with Crippen LogP contribution in [0.2, 0.25) is 0 Å². The SMILES string of the molecule is CCCCN(CCCC)c1ccc(/C=C2\C(=O)NC(=O)C(C#N)=C2C)cc1. The molecule has 1 heterocycles. The van der Waals surface area contributed by atoms with E-state index in [1.54, 1.807) is 13.0 Å². The Morgan fingerprint density at radius 2 is 1.63 bits per heavy atom. The molecule has 0 spiro atoms. The van der Waals surface area contributed by atoms with Gasteiger partial charge in [0.25, 0.3) is 11.8 Å². The van der Waals surface area contributed by atoms with Crippen LogP contribution in [0.15, 0.2) is 41.0 Å². The van der Waals surface area contributed by atoms with E-state index in [1.165, 1.54) is 5.69 Å². The van der Waals surface area contributed by atoms with Gasteiger partial charge in [-0.25, -0.2) is 0 Å². The molecule has 0 saturated heterocycles. The molecule has 1 N–H and O–H groups in total. The number of nitriles is 1. The Morgan fingerprint density at radius 3 is 2.15 bits per heavy atom. The summed E-state index contributed by atoms with van der Waals surface area (Å²) >= 11 is 0. The maximum atomic E-state index is 12.1. The number of carbonyl (C=O) groups is 2. The number of hydrogen-bond donors (Lipinski definition) is 1. The van der Waals surface area contributed by atoms with Crippen LogP contribution < -0.4 is 10.2 Å². The Kier molecular flexibility index (Phi) is 7.36. The molecule has 0 saturated carbocycles. The highest BCUT2D eigenvalue weighted by Crippen LogP contribution is 2.24. The van der Waals surface area contributed by atoms with Gasteiger partial charge in [0, 0.05) is 24.4 Å². The van der Waals surface area contributed by atoms with Crippen molar-refractivity contribution in [3.05, 3.63) is 46.5 Å². The molecule has 0 atom stereocenters. The molecule has 1 aromatic rings. The summed E-state index contributed by atoms with van der Waals surface area (Å²) in [6.07, 6.45) is 6.36. The number of rotatable bonds is 8. The van der Waals surface area contributed by atoms with E-state index in [0.29, 0.717) is 11.1 Å². The molecule has 0 fully saturated rings. The molecule has 5 nitrogen and oxygen atoms in total. The van der Waals surface area contributed by atoms with Gasteiger partial charge in [0.05, 0.1) is 0 Å². The van der Waals surface area contributed by atoms with E-state index >= 15 is 0 Å². The van der Waals surface area contributed by atoms with E-state index < -0.39 is 11.8 Å². The summed E-state index contributed by atoms with van der Waals surface area (Å²) in [5.41, 5.74) is 2.80. The quantitative estimate of drug-likeness (QED) is 0.559. The third-order valence-electron chi connectivity index (χ3n) is 4.72. The van der Waals surface area contributed by atoms with Crippen molar-refractivity contribution >= 4 is 23.6 Å². The van der Waals surface area contributed by atoms with Gasteiger partial charge in [0.15, 0.2) is 0 Å². The number of imide groups is 1. The minimum absolute atomic E-state index is 0.0113. The summed E-state index contributed by atoms with van der Waals surface area (Å²) in [6.45, 7) is 8.09. The van der Waals surface area contributed by atoms with Crippen molar-refractivity contribution in [1.82, 2.24) is 5.32 Å². The fourth-order valence-electron chi connectivity index (χ4n) is 3.03. The average Bonchev–Trinajstić information content (AvgIpc) is 2.66. The van der Waals surface area contributed by atoms with E-state index in [-0.39, 0.29) is 5.57 Å². The van der Waals surface area contributed by atoms with E-state index in [1.807, 2.05) is 18.2 Å². The molecule has 0 aliphatic carbocycles. The Bertz CT molecular complexity index is 790. The number of nitrogens with one attached hydrogen (secondary N) is 1. The zero-order chi connectivity index (χ0) is 19.8. The number of carbonyl (C=O) groups excluding carboxylic acids is 2. The van der Waals surface area contributed by atoms with Crippen molar-refractivity contribution in [2.24, 2.45) is 0 Å². The first-order valence-electron chi connectivity index (χ1n) is 9.55. The number of amides is 2. The summed E-state index contributed by atoms with van der Waals surface area (Å²) in [4.78, 5) is 26.2. The van der Waals surface area contributed by atoms with Crippen molar-refractivity contribution in [1.29, 1.82) is 5.26 Å². The van der Waals surface area contributed by atoms with Crippen molar-refractivity contribution < 1.29 is 9.59 Å². The molecular formula is C22H27N3O2. The Labute approximate surface area is 161 Å². The summed E-state index contributed by atoms with van der Waals surface area (Å²) < 4.78 is 0. The van der Waals surface area contributed by atoms with Crippen LogP contribution in [0.1, 0.15) is 52.0 Å². The second kappa shape index (κ2) is 9.72. The highest BCUT2D eigenvalue weighted by Gasteiger charge is 2.27. The largest absolute Gasteiger partial charge is 0.372 e. The van der Waals surface area contributed by atoms with Gasteiger partial charge in [-0.3, -0.25) is 14.9 Å². The lowest BCUT2D eigenvalue weighted by Gasteiger charge is -2.25. The highest BCUT2D eigenvalue weighted by molar-refractivity contribution is 6.19. The molecule has 0 bridgehead atoms. The maximum absolute atomic E-state index is 12.1. The minimum atomic E-state index is -0.630. The molecule has 5 heteroatoms. The molecular weight excluding hydrogens is 338 g/mol. The fourth-order valence-corrected chi connectivity index (χ4v) is 3.03. The summed E-state index contributed by atoms with van der Waals surface area (Å²) in [5, 5.41) is 11.4. The highest BCUT2D eigenvalue weighted by atomic mass is 16.2. The lowest BCUT2D eigenvalue weighted by Crippen LogP contribution is -2.37. The van der Waals surface area contributed by atoms with E-state index in [4.69, 9.17) is 5.26 Å². The minimum Gasteiger partial charge on any atom is -0.372 e. The molecule has 142 valence electrons. The summed E-state index contributed by atoms with van der Waals surface area (Å²) in [6, 6.07) is 9.93. The summed E-state index contributed by atoms with van der Waals surface area (Å²) in [7, 11) is 0. The normalized spacial score (nSPS) is 15.7. The zero-order valence-corrected chi connectivity index (χ0v) is 16.3. The second-order valence-corrected chi connectivity index (χ2v) is 6.74. The van der Waals surface area contributed by atoms with E-state index in [9.17, 15) is 9.59 Å². The molecule has 2 rings (SSSR count). The monoisotopic (exact) mass is 365 g/mol. The Morgan fingerprint density at radius 1 is 1.04 bits per heavy atom. The van der Waals surface area contributed by atoms with Crippen LogP contribution in [-0.2, 0) is 9.59 Å². The molecule has 0 unspecified atom stereocenters. The maximum Gasteiger partial charge on any atom is 0.269 e. The van der Waals surface area contributed by atoms with Crippen LogP contribution in [-0.4, -0.2) is 24.9 Å². The predicted molar refractivity (Wildman–Crippen MR) is 108 cm³/mol. The molecule has 27 heavy (non-hydrogen) atoms. The van der Waals surface area contributed by atoms with Gasteiger partial charge in [0.1, 0.15) is 11.6 Å². The van der Waals surface area contributed by atoms with Crippen LogP contribution >= 0.6 is 0 Å². The molecule has 2 amide bonds. The van der Waals surface area contributed by atoms with Crippen LogP contribution in [0, 0.1) is 11.3 Å². The van der Waals surface area contributed by atoms with Gasteiger partial charge >= 0.3 is 0 Å². The van der Waals surface area contributed by atoms with Crippen molar-refractivity contribution in [2.45, 2.75) is 46.5 Å². The average molecular weight is 365 g/mol. The molecule has 1 aromatic carbocycles. The smallest absolute Gasteiger partial charge is 0.269 e. The van der Waals surface area contributed by atoms with Crippen LogP contribution in [0.4, 0.5) is 5.69 Å². The number of unbranched alkanes of at least 4 members (excludes halogenated alkanes) is 2. The second-order valence-electron chi connectivity index (χ2n) is 6.74. The fraction of sp³-hybridized carbons (Fsp3) is 0.409. The molecule has 0 radical (unpaired) electrons. The van der Waals surface area contributed by atoms with Crippen LogP contribution in [0.5, 0.6) is 0 Å². The molecule has 0 aromatic heterocycles. The first-order valence-corrected chi connectivity index (χ1v) is 9.55. The van der Waals surface area contributed by atoms with Crippen molar-refractivity contribution in [2.75, 3.05) is 18.0 Å². The standard InChI is InChI=1S/C22H27N3O2/c1-4-6-12-25(13-7-5-2)18-10-8-17(9-11-18)14-19-16(3)20(15-23)22(27)24-21(19)26/h8-11,14H,4-7,12-13H2,1-3H3,(H,24,26,27)/b19-14-. The molecule has 1 aliphatic heterocycles. The summed E-state index contributed by atoms with van der Waals surface area (Å²) in [5.74, 6) is -1.09. The van der Waals surface area contributed by atoms with Gasteiger partial charge in [-0.1, -0.05) is 38.8 Å². The Hall–Kier alpha value is -2.87. The lowest BCUT2D eigenvalue weighted by molar-refractivity contribution is -0.126. The van der Waals surface area contributed by atoms with Crippen molar-refractivity contribution in [3.8, 4) is 6.07 Å². The molecule has 1 aliphatic rings. The Balaban J connectivity index is 2.27. The third kappa shape index (κ3) is 5.07. The topological polar surface area (TPSA) is 73.2 Å². The van der Waals surface area contributed by atoms with Crippen LogP contribution in [0.3, 0.4) is 0 Å². The van der Waals surface area contributed by atoms with Crippen molar-refractivity contribution in [3.63, 3.8) is 0 Å². The van der Waals surface area contributed by atoms with E-state index in [2.05, 4.69) is 36.2 Å². The number of benzene rings is 1. The lowest BCUT2D eigenvalue weighted by atomic mass is 9.95. The van der Waals surface area contributed by atoms with Crippen LogP contribution in [0.25, 0.3) is 6.08 Å². The zero-order valence-electron chi connectivity index (χ0n) is 16.3. The van der Waals surface area contributed by atoms with Gasteiger partial charge < -0.3 is 4.90 Å². The first kappa shape index (κ1) is 20.4. The van der Waals surface area contributed by atoms with Gasteiger partial charge in [-0.15, -0.1) is 0 Å². The third-order valence-corrected chi connectivity index (χ3v) is 4.72. The van der Waals surface area contributed by atoms with E-state index in [0.717, 1.165) is 44.3 Å². The first-order chi connectivity index (χ1) is 13.0. The van der Waals surface area contributed by atoms with Gasteiger partial charge in [-0.2, -0.15) is 5.26 Å². The van der Waals surface area contributed by atoms with Gasteiger partial charge in [-0.05, 0) is 49.1 Å². The number of anilines is 1. The number of nitrogens with zero attached hydrogens (tertiary/aromatic N) is 2. The van der Waals surface area contributed by atoms with Gasteiger partial charge in [0.2, 0.25) is 0 Å². The predicted octanol–water partition coefficient (Wildman–Crippen LogP) is 3.97. The number of hydrogen-bond acceptors (Lipinski definition) is 4.